The maximum atomic E-state index is 10.7. The smallest absolute Gasteiger partial charge is 0.391 e. The molecule has 0 aliphatic rings. The molecule has 7 nitrogen and oxygen atoms in total. The molecular weight excluding hydrogens is 234 g/mol. The lowest BCUT2D eigenvalue weighted by Crippen LogP contribution is -2.16. The molecule has 0 spiro atoms. The quantitative estimate of drug-likeness (QED) is 0.883. The van der Waals surface area contributed by atoms with Crippen LogP contribution < -0.4 is 10.5 Å². The number of carbonyl (C=O) groups is 1. The molecule has 0 aliphatic carbocycles. The second-order valence-corrected chi connectivity index (χ2v) is 3.96. The summed E-state index contributed by atoms with van der Waals surface area (Å²) < 4.78 is 6.63. The standard InChI is InChI=1S/C11H13N5O2/c1-7(2)16-6-14-15-10(16)8-3-4-13-9(5-8)18-11(12)17/h3-7H,1-2H3,(H2,12,17). The second kappa shape index (κ2) is 4.82. The first-order chi connectivity index (χ1) is 8.58. The summed E-state index contributed by atoms with van der Waals surface area (Å²) >= 11 is 0. The summed E-state index contributed by atoms with van der Waals surface area (Å²) in [5.74, 6) is 0.819. The van der Waals surface area contributed by atoms with E-state index in [1.165, 1.54) is 6.20 Å². The van der Waals surface area contributed by atoms with Gasteiger partial charge in [0.25, 0.3) is 0 Å². The van der Waals surface area contributed by atoms with Crippen LogP contribution in [0.15, 0.2) is 24.7 Å². The number of nitrogens with zero attached hydrogens (tertiary/aromatic N) is 4. The van der Waals surface area contributed by atoms with Gasteiger partial charge in [0.2, 0.25) is 5.88 Å². The van der Waals surface area contributed by atoms with E-state index in [1.54, 1.807) is 18.5 Å². The summed E-state index contributed by atoms with van der Waals surface area (Å²) in [4.78, 5) is 14.6. The number of hydrogen-bond acceptors (Lipinski definition) is 5. The van der Waals surface area contributed by atoms with Crippen LogP contribution in [0.2, 0.25) is 0 Å². The molecule has 2 heterocycles. The lowest BCUT2D eigenvalue weighted by atomic mass is 10.2. The number of rotatable bonds is 3. The minimum Gasteiger partial charge on any atom is -0.391 e. The van der Waals surface area contributed by atoms with Crippen LogP contribution in [0, 0.1) is 0 Å². The number of nitrogens with two attached hydrogens (primary N) is 1. The SMILES string of the molecule is CC(C)n1cnnc1-c1ccnc(OC(N)=O)c1. The van der Waals surface area contributed by atoms with Gasteiger partial charge in [-0.15, -0.1) is 10.2 Å². The highest BCUT2D eigenvalue weighted by molar-refractivity contribution is 5.68. The molecule has 2 rings (SSSR count). The van der Waals surface area contributed by atoms with Gasteiger partial charge in [0.15, 0.2) is 5.82 Å². The molecule has 0 aromatic carbocycles. The molecule has 94 valence electrons. The molecule has 0 radical (unpaired) electrons. The van der Waals surface area contributed by atoms with Gasteiger partial charge in [-0.05, 0) is 19.9 Å². The number of amides is 1. The van der Waals surface area contributed by atoms with Crippen LogP contribution in [0.1, 0.15) is 19.9 Å². The maximum absolute atomic E-state index is 10.7. The molecular formula is C11H13N5O2. The largest absolute Gasteiger partial charge is 0.411 e. The van der Waals surface area contributed by atoms with Crippen molar-refractivity contribution >= 4 is 6.09 Å². The molecule has 1 amide bonds. The molecule has 2 N–H and O–H groups in total. The van der Waals surface area contributed by atoms with Gasteiger partial charge in [0.1, 0.15) is 6.33 Å². The van der Waals surface area contributed by atoms with Crippen molar-refractivity contribution in [3.8, 4) is 17.3 Å². The number of hydrogen-bond donors (Lipinski definition) is 1. The number of ether oxygens (including phenoxy) is 1. The van der Waals surface area contributed by atoms with Crippen molar-refractivity contribution in [3.63, 3.8) is 0 Å². The summed E-state index contributed by atoms with van der Waals surface area (Å²) in [6.45, 7) is 4.05. The van der Waals surface area contributed by atoms with E-state index in [0.29, 0.717) is 5.82 Å². The molecule has 0 saturated carbocycles. The van der Waals surface area contributed by atoms with Gasteiger partial charge in [-0.1, -0.05) is 0 Å². The number of carbonyl (C=O) groups excluding carboxylic acids is 1. The Balaban J connectivity index is 2.38. The van der Waals surface area contributed by atoms with Crippen LogP contribution in [-0.4, -0.2) is 25.8 Å². The summed E-state index contributed by atoms with van der Waals surface area (Å²) in [5.41, 5.74) is 5.69. The Morgan fingerprint density at radius 1 is 1.50 bits per heavy atom. The Kier molecular flexibility index (Phi) is 3.22. The predicted molar refractivity (Wildman–Crippen MR) is 63.8 cm³/mol. The average Bonchev–Trinajstić information content (AvgIpc) is 2.77. The van der Waals surface area contributed by atoms with Crippen LogP contribution in [0.3, 0.4) is 0 Å². The molecule has 0 unspecified atom stereocenters. The highest BCUT2D eigenvalue weighted by Gasteiger charge is 2.11. The highest BCUT2D eigenvalue weighted by Crippen LogP contribution is 2.22. The lowest BCUT2D eigenvalue weighted by Gasteiger charge is -2.10. The summed E-state index contributed by atoms with van der Waals surface area (Å²) in [7, 11) is 0. The molecule has 7 heteroatoms. The zero-order chi connectivity index (χ0) is 13.1. The van der Waals surface area contributed by atoms with E-state index in [4.69, 9.17) is 10.5 Å². The Labute approximate surface area is 104 Å². The van der Waals surface area contributed by atoms with Crippen molar-refractivity contribution in [1.29, 1.82) is 0 Å². The molecule has 0 atom stereocenters. The van der Waals surface area contributed by atoms with Crippen LogP contribution in [0.4, 0.5) is 4.79 Å². The Hall–Kier alpha value is -2.44. The summed E-state index contributed by atoms with van der Waals surface area (Å²) in [6.07, 6.45) is 2.27. The third-order valence-electron chi connectivity index (χ3n) is 2.33. The van der Waals surface area contributed by atoms with Gasteiger partial charge in [0, 0.05) is 23.9 Å². The molecule has 0 bridgehead atoms. The minimum absolute atomic E-state index is 0.137. The summed E-state index contributed by atoms with van der Waals surface area (Å²) in [6, 6.07) is 3.58. The number of aromatic nitrogens is 4. The van der Waals surface area contributed by atoms with E-state index >= 15 is 0 Å². The van der Waals surface area contributed by atoms with Crippen LogP contribution in [0.25, 0.3) is 11.4 Å². The Morgan fingerprint density at radius 3 is 2.94 bits per heavy atom. The second-order valence-electron chi connectivity index (χ2n) is 3.96. The zero-order valence-electron chi connectivity index (χ0n) is 10.1. The third-order valence-corrected chi connectivity index (χ3v) is 2.33. The highest BCUT2D eigenvalue weighted by atomic mass is 16.6. The minimum atomic E-state index is -0.898. The van der Waals surface area contributed by atoms with E-state index in [1.807, 2.05) is 18.4 Å². The van der Waals surface area contributed by atoms with E-state index in [2.05, 4.69) is 15.2 Å². The maximum Gasteiger partial charge on any atom is 0.411 e. The van der Waals surface area contributed by atoms with Crippen molar-refractivity contribution in [2.24, 2.45) is 5.73 Å². The molecule has 0 fully saturated rings. The lowest BCUT2D eigenvalue weighted by molar-refractivity contribution is 0.209. The average molecular weight is 247 g/mol. The fourth-order valence-corrected chi connectivity index (χ4v) is 1.53. The first-order valence-electron chi connectivity index (χ1n) is 5.41. The van der Waals surface area contributed by atoms with E-state index < -0.39 is 6.09 Å². The van der Waals surface area contributed by atoms with Crippen molar-refractivity contribution in [2.45, 2.75) is 19.9 Å². The van der Waals surface area contributed by atoms with E-state index in [-0.39, 0.29) is 11.9 Å². The first kappa shape index (κ1) is 12.0. The van der Waals surface area contributed by atoms with E-state index in [9.17, 15) is 4.79 Å². The Bertz CT molecular complexity index is 564. The van der Waals surface area contributed by atoms with Crippen LogP contribution in [-0.2, 0) is 0 Å². The van der Waals surface area contributed by atoms with Crippen molar-refractivity contribution < 1.29 is 9.53 Å². The molecule has 0 saturated heterocycles. The fourth-order valence-electron chi connectivity index (χ4n) is 1.53. The third kappa shape index (κ3) is 2.45. The molecule has 0 aliphatic heterocycles. The van der Waals surface area contributed by atoms with Gasteiger partial charge in [-0.3, -0.25) is 0 Å². The van der Waals surface area contributed by atoms with Crippen molar-refractivity contribution in [1.82, 2.24) is 19.7 Å². The van der Waals surface area contributed by atoms with Gasteiger partial charge >= 0.3 is 6.09 Å². The van der Waals surface area contributed by atoms with Gasteiger partial charge in [0.05, 0.1) is 0 Å². The van der Waals surface area contributed by atoms with Crippen LogP contribution in [0.5, 0.6) is 5.88 Å². The Morgan fingerprint density at radius 2 is 2.28 bits per heavy atom. The monoisotopic (exact) mass is 247 g/mol. The van der Waals surface area contributed by atoms with Crippen LogP contribution >= 0.6 is 0 Å². The normalized spacial score (nSPS) is 10.6. The predicted octanol–water partition coefficient (Wildman–Crippen LogP) is 1.38. The van der Waals surface area contributed by atoms with Gasteiger partial charge in [-0.2, -0.15) is 0 Å². The number of primary amides is 1. The zero-order valence-corrected chi connectivity index (χ0v) is 10.1. The van der Waals surface area contributed by atoms with Crippen molar-refractivity contribution in [3.05, 3.63) is 24.7 Å². The topological polar surface area (TPSA) is 95.9 Å². The number of pyridine rings is 1. The summed E-state index contributed by atoms with van der Waals surface area (Å²) in [5, 5.41) is 7.91. The van der Waals surface area contributed by atoms with E-state index in [0.717, 1.165) is 5.56 Å². The molecule has 2 aromatic heterocycles. The van der Waals surface area contributed by atoms with Gasteiger partial charge < -0.3 is 15.0 Å². The van der Waals surface area contributed by atoms with Gasteiger partial charge in [-0.25, -0.2) is 9.78 Å². The fraction of sp³-hybridized carbons (Fsp3) is 0.273. The van der Waals surface area contributed by atoms with Crippen molar-refractivity contribution in [2.75, 3.05) is 0 Å². The molecule has 18 heavy (non-hydrogen) atoms. The molecule has 2 aromatic rings. The first-order valence-corrected chi connectivity index (χ1v) is 5.41.